The fraction of sp³-hybridized carbons (Fsp3) is 0.935. The second kappa shape index (κ2) is 8.42. The number of ether oxygens (including phenoxy) is 1. The minimum atomic E-state index is 0.524. The standard InChI is InChI=1S/C28H48O.C3H6/c1-24(2)13-8-14-25(3)22(24)12-16-27(5)23(25)11-10-20-21-9-7-15-28(21,19-29-6)18-17-26(20,27)4;1-3-2/h20-23H,7-19H2,1-6H3;3H,1H2,2H3/t20?,21?,22?,23?,25?,26-,27?,28?;/m1./s1. The van der Waals surface area contributed by atoms with Gasteiger partial charge < -0.3 is 4.74 Å². The van der Waals surface area contributed by atoms with E-state index in [4.69, 9.17) is 4.74 Å². The first kappa shape index (κ1) is 24.8. The van der Waals surface area contributed by atoms with Crippen LogP contribution in [-0.2, 0) is 4.74 Å². The Balaban J connectivity index is 0.000000775. The van der Waals surface area contributed by atoms with Crippen molar-refractivity contribution in [1.82, 2.24) is 0 Å². The molecule has 0 aromatic heterocycles. The number of allylic oxidation sites excluding steroid dienone is 1. The van der Waals surface area contributed by atoms with E-state index in [1.165, 1.54) is 77.0 Å². The van der Waals surface area contributed by atoms with Gasteiger partial charge in [0.2, 0.25) is 0 Å². The Hall–Kier alpha value is -0.300. The van der Waals surface area contributed by atoms with Crippen molar-refractivity contribution in [2.24, 2.45) is 50.7 Å². The Morgan fingerprint density at radius 3 is 2.16 bits per heavy atom. The fourth-order valence-corrected chi connectivity index (χ4v) is 11.3. The van der Waals surface area contributed by atoms with Gasteiger partial charge in [-0.15, -0.1) is 6.58 Å². The molecule has 7 unspecified atom stereocenters. The summed E-state index contributed by atoms with van der Waals surface area (Å²) in [6.07, 6.45) is 19.5. The summed E-state index contributed by atoms with van der Waals surface area (Å²) in [5.41, 5.74) is 2.77. The van der Waals surface area contributed by atoms with Crippen molar-refractivity contribution in [2.45, 2.75) is 119 Å². The smallest absolute Gasteiger partial charge is 0.0521 e. The quantitative estimate of drug-likeness (QED) is 0.387. The molecule has 5 rings (SSSR count). The maximum absolute atomic E-state index is 5.84. The molecule has 0 bridgehead atoms. The van der Waals surface area contributed by atoms with Crippen LogP contribution in [0.3, 0.4) is 0 Å². The lowest BCUT2D eigenvalue weighted by Crippen LogP contribution is -2.65. The summed E-state index contributed by atoms with van der Waals surface area (Å²) >= 11 is 0. The third-order valence-corrected chi connectivity index (χ3v) is 12.7. The molecular weight excluding hydrogens is 388 g/mol. The average molecular weight is 443 g/mol. The highest BCUT2D eigenvalue weighted by Gasteiger charge is 2.69. The number of rotatable bonds is 2. The molecule has 5 aliphatic rings. The lowest BCUT2D eigenvalue weighted by atomic mass is 9.32. The van der Waals surface area contributed by atoms with E-state index in [1.807, 2.05) is 14.0 Å². The van der Waals surface area contributed by atoms with Crippen LogP contribution in [0.5, 0.6) is 0 Å². The van der Waals surface area contributed by atoms with Gasteiger partial charge in [-0.05, 0) is 122 Å². The molecule has 8 atom stereocenters. The first-order chi connectivity index (χ1) is 15.0. The molecule has 184 valence electrons. The Bertz CT molecular complexity index is 695. The van der Waals surface area contributed by atoms with Crippen LogP contribution in [0.2, 0.25) is 0 Å². The van der Waals surface area contributed by atoms with Gasteiger partial charge in [0.15, 0.2) is 0 Å². The Labute approximate surface area is 200 Å². The van der Waals surface area contributed by atoms with E-state index in [0.29, 0.717) is 27.1 Å². The van der Waals surface area contributed by atoms with Crippen LogP contribution in [0.25, 0.3) is 0 Å². The van der Waals surface area contributed by atoms with Crippen molar-refractivity contribution in [2.75, 3.05) is 13.7 Å². The molecule has 0 aromatic carbocycles. The number of fused-ring (bicyclic) bond motifs is 7. The monoisotopic (exact) mass is 442 g/mol. The zero-order valence-electron chi connectivity index (χ0n) is 22.7. The molecule has 0 aromatic rings. The molecule has 0 N–H and O–H groups in total. The first-order valence-electron chi connectivity index (χ1n) is 14.1. The predicted molar refractivity (Wildman–Crippen MR) is 138 cm³/mol. The zero-order chi connectivity index (χ0) is 23.4. The van der Waals surface area contributed by atoms with Gasteiger partial charge in [-0.2, -0.15) is 0 Å². The molecule has 0 saturated heterocycles. The van der Waals surface area contributed by atoms with Gasteiger partial charge in [-0.25, -0.2) is 0 Å². The number of hydrogen-bond acceptors (Lipinski definition) is 1. The summed E-state index contributed by atoms with van der Waals surface area (Å²) in [4.78, 5) is 0. The second-order valence-corrected chi connectivity index (χ2v) is 14.2. The summed E-state index contributed by atoms with van der Waals surface area (Å²) in [6.45, 7) is 19.8. The van der Waals surface area contributed by atoms with E-state index in [0.717, 1.165) is 30.3 Å². The van der Waals surface area contributed by atoms with E-state index in [2.05, 4.69) is 41.2 Å². The number of methoxy groups -OCH3 is 1. The highest BCUT2D eigenvalue weighted by atomic mass is 16.5. The van der Waals surface area contributed by atoms with Gasteiger partial charge in [0.25, 0.3) is 0 Å². The highest BCUT2D eigenvalue weighted by molar-refractivity contribution is 5.18. The van der Waals surface area contributed by atoms with Crippen LogP contribution in [-0.4, -0.2) is 13.7 Å². The van der Waals surface area contributed by atoms with Gasteiger partial charge in [0, 0.05) is 7.11 Å². The summed E-state index contributed by atoms with van der Waals surface area (Å²) < 4.78 is 5.84. The van der Waals surface area contributed by atoms with Crippen LogP contribution in [0.1, 0.15) is 119 Å². The van der Waals surface area contributed by atoms with Crippen LogP contribution < -0.4 is 0 Å². The van der Waals surface area contributed by atoms with E-state index in [9.17, 15) is 0 Å². The van der Waals surface area contributed by atoms with Crippen molar-refractivity contribution in [3.05, 3.63) is 12.7 Å². The topological polar surface area (TPSA) is 9.23 Å². The maximum atomic E-state index is 5.84. The lowest BCUT2D eigenvalue weighted by molar-refractivity contribution is -0.236. The van der Waals surface area contributed by atoms with Crippen molar-refractivity contribution in [3.63, 3.8) is 0 Å². The van der Waals surface area contributed by atoms with Crippen molar-refractivity contribution in [3.8, 4) is 0 Å². The van der Waals surface area contributed by atoms with E-state index < -0.39 is 0 Å². The molecule has 0 radical (unpaired) electrons. The van der Waals surface area contributed by atoms with Gasteiger partial charge in [0.05, 0.1) is 6.61 Å². The third-order valence-electron chi connectivity index (χ3n) is 12.7. The second-order valence-electron chi connectivity index (χ2n) is 14.2. The summed E-state index contributed by atoms with van der Waals surface area (Å²) in [5.74, 6) is 3.79. The normalized spacial score (nSPS) is 51.2. The van der Waals surface area contributed by atoms with E-state index in [-0.39, 0.29) is 0 Å². The van der Waals surface area contributed by atoms with Crippen LogP contribution in [0.15, 0.2) is 12.7 Å². The zero-order valence-corrected chi connectivity index (χ0v) is 22.7. The highest BCUT2D eigenvalue weighted by Crippen LogP contribution is 2.76. The minimum Gasteiger partial charge on any atom is -0.384 e. The molecule has 5 fully saturated rings. The molecule has 5 saturated carbocycles. The minimum absolute atomic E-state index is 0.524. The van der Waals surface area contributed by atoms with Crippen LogP contribution >= 0.6 is 0 Å². The van der Waals surface area contributed by atoms with Gasteiger partial charge in [-0.3, -0.25) is 0 Å². The molecular formula is C31H54O. The van der Waals surface area contributed by atoms with Gasteiger partial charge >= 0.3 is 0 Å². The maximum Gasteiger partial charge on any atom is 0.0521 e. The van der Waals surface area contributed by atoms with Crippen molar-refractivity contribution >= 4 is 0 Å². The third kappa shape index (κ3) is 3.33. The summed E-state index contributed by atoms with van der Waals surface area (Å²) in [7, 11) is 1.95. The fourth-order valence-electron chi connectivity index (χ4n) is 11.3. The Kier molecular flexibility index (Phi) is 6.53. The average Bonchev–Trinajstić information content (AvgIpc) is 3.13. The lowest BCUT2D eigenvalue weighted by Gasteiger charge is -2.72. The first-order valence-corrected chi connectivity index (χ1v) is 14.1. The number of hydrogen-bond donors (Lipinski definition) is 0. The van der Waals surface area contributed by atoms with Gasteiger partial charge in [-0.1, -0.05) is 53.5 Å². The Morgan fingerprint density at radius 2 is 1.47 bits per heavy atom. The van der Waals surface area contributed by atoms with Gasteiger partial charge in [0.1, 0.15) is 0 Å². The molecule has 0 heterocycles. The molecule has 1 nitrogen and oxygen atoms in total. The molecule has 32 heavy (non-hydrogen) atoms. The van der Waals surface area contributed by atoms with Crippen molar-refractivity contribution in [1.29, 1.82) is 0 Å². The largest absolute Gasteiger partial charge is 0.384 e. The molecule has 5 aliphatic carbocycles. The van der Waals surface area contributed by atoms with Crippen LogP contribution in [0, 0.1) is 50.7 Å². The van der Waals surface area contributed by atoms with E-state index in [1.54, 1.807) is 6.08 Å². The van der Waals surface area contributed by atoms with Crippen molar-refractivity contribution < 1.29 is 4.74 Å². The van der Waals surface area contributed by atoms with E-state index >= 15 is 0 Å². The molecule has 1 heteroatoms. The Morgan fingerprint density at radius 1 is 0.750 bits per heavy atom. The molecule has 0 amide bonds. The summed E-state index contributed by atoms with van der Waals surface area (Å²) in [5, 5.41) is 0. The predicted octanol–water partition coefficient (Wildman–Crippen LogP) is 9.07. The van der Waals surface area contributed by atoms with Crippen LogP contribution in [0.4, 0.5) is 0 Å². The SMILES string of the molecule is C=CC.COCC12CCCC1C1CCC3C4(C)CCCC(C)(C)C4CCC3(C)[C@]1(C)CC2. The molecule has 0 spiro atoms. The molecule has 0 aliphatic heterocycles. The summed E-state index contributed by atoms with van der Waals surface area (Å²) in [6, 6.07) is 0.